The first-order valence-corrected chi connectivity index (χ1v) is 13.4. The minimum atomic E-state index is -3.64. The maximum atomic E-state index is 13.3. The molecule has 2 fully saturated rings. The third-order valence-electron chi connectivity index (χ3n) is 6.01. The normalized spacial score (nSPS) is 18.4. The topological polar surface area (TPSA) is 60.9 Å². The largest absolute Gasteiger partial charge is 0.339 e. The number of nitrogens with zero attached hydrogens (tertiary/aromatic N) is 3. The molecule has 0 aromatic heterocycles. The SMILES string of the molecule is CSc1ccc(S(=O)(=O)N2CCN(Cc3ccccc3)CC2)cc1C(=O)N1CCCC1. The number of benzene rings is 2. The Morgan fingerprint density at radius 2 is 1.61 bits per heavy atom. The lowest BCUT2D eigenvalue weighted by Gasteiger charge is -2.34. The number of thioether (sulfide) groups is 1. The third kappa shape index (κ3) is 4.98. The van der Waals surface area contributed by atoms with Gasteiger partial charge in [0.25, 0.3) is 5.91 Å². The standard InChI is InChI=1S/C23H29N3O3S2/c1-30-22-10-9-20(17-21(22)23(27)25-11-5-6-12-25)31(28,29)26-15-13-24(14-16-26)18-19-7-3-2-4-8-19/h2-4,7-10,17H,5-6,11-16,18H2,1H3. The van der Waals surface area contributed by atoms with Crippen molar-refractivity contribution < 1.29 is 13.2 Å². The van der Waals surface area contributed by atoms with E-state index in [1.54, 1.807) is 22.5 Å². The molecule has 0 aliphatic carbocycles. The molecule has 0 saturated carbocycles. The quantitative estimate of drug-likeness (QED) is 0.621. The molecule has 2 aromatic rings. The van der Waals surface area contributed by atoms with Crippen LogP contribution < -0.4 is 0 Å². The highest BCUT2D eigenvalue weighted by Crippen LogP contribution is 2.28. The summed E-state index contributed by atoms with van der Waals surface area (Å²) in [6.45, 7) is 4.60. The summed E-state index contributed by atoms with van der Waals surface area (Å²) in [6.07, 6.45) is 3.92. The minimum absolute atomic E-state index is 0.0634. The Morgan fingerprint density at radius 1 is 0.935 bits per heavy atom. The summed E-state index contributed by atoms with van der Waals surface area (Å²) in [5.74, 6) is -0.0634. The summed E-state index contributed by atoms with van der Waals surface area (Å²) in [5.41, 5.74) is 1.73. The molecule has 0 atom stereocenters. The predicted octanol–water partition coefficient (Wildman–Crippen LogP) is 3.15. The van der Waals surface area contributed by atoms with Crippen molar-refractivity contribution in [3.63, 3.8) is 0 Å². The second-order valence-corrected chi connectivity index (χ2v) is 10.8. The van der Waals surface area contributed by atoms with Gasteiger partial charge in [0.2, 0.25) is 10.0 Å². The van der Waals surface area contributed by atoms with Crippen molar-refractivity contribution in [1.29, 1.82) is 0 Å². The number of piperazine rings is 1. The van der Waals surface area contributed by atoms with Crippen LogP contribution in [0.5, 0.6) is 0 Å². The van der Waals surface area contributed by atoms with E-state index in [0.29, 0.717) is 31.7 Å². The van der Waals surface area contributed by atoms with Crippen LogP contribution in [0, 0.1) is 0 Å². The Hall–Kier alpha value is -1.87. The molecule has 0 unspecified atom stereocenters. The van der Waals surface area contributed by atoms with Crippen molar-refractivity contribution in [3.05, 3.63) is 59.7 Å². The maximum Gasteiger partial charge on any atom is 0.255 e. The van der Waals surface area contributed by atoms with Crippen LogP contribution in [0.25, 0.3) is 0 Å². The lowest BCUT2D eigenvalue weighted by molar-refractivity contribution is 0.0789. The van der Waals surface area contributed by atoms with E-state index in [-0.39, 0.29) is 10.8 Å². The number of likely N-dealkylation sites (tertiary alicyclic amines) is 1. The molecule has 2 aliphatic heterocycles. The van der Waals surface area contributed by atoms with Crippen LogP contribution in [0.4, 0.5) is 0 Å². The van der Waals surface area contributed by atoms with E-state index >= 15 is 0 Å². The molecule has 0 bridgehead atoms. The van der Waals surface area contributed by atoms with E-state index in [0.717, 1.165) is 37.4 Å². The first-order chi connectivity index (χ1) is 15.0. The van der Waals surface area contributed by atoms with E-state index in [9.17, 15) is 13.2 Å². The second kappa shape index (κ2) is 9.73. The first-order valence-electron chi connectivity index (χ1n) is 10.7. The van der Waals surface area contributed by atoms with Gasteiger partial charge in [-0.3, -0.25) is 9.69 Å². The zero-order chi connectivity index (χ0) is 21.8. The van der Waals surface area contributed by atoms with Gasteiger partial charge in [0, 0.05) is 50.7 Å². The predicted molar refractivity (Wildman–Crippen MR) is 124 cm³/mol. The smallest absolute Gasteiger partial charge is 0.255 e. The molecule has 166 valence electrons. The molecule has 31 heavy (non-hydrogen) atoms. The molecule has 1 amide bonds. The van der Waals surface area contributed by atoms with Gasteiger partial charge in [-0.2, -0.15) is 4.31 Å². The summed E-state index contributed by atoms with van der Waals surface area (Å²) >= 11 is 1.48. The second-order valence-electron chi connectivity index (χ2n) is 8.03. The molecule has 0 N–H and O–H groups in total. The van der Waals surface area contributed by atoms with Crippen molar-refractivity contribution in [2.24, 2.45) is 0 Å². The molecule has 0 spiro atoms. The summed E-state index contributed by atoms with van der Waals surface area (Å²) in [4.78, 5) is 18.1. The first kappa shape index (κ1) is 22.3. The Bertz CT molecular complexity index is 1010. The van der Waals surface area contributed by atoms with Crippen LogP contribution in [-0.4, -0.2) is 74.0 Å². The van der Waals surface area contributed by atoms with Gasteiger partial charge in [-0.15, -0.1) is 11.8 Å². The average molecular weight is 460 g/mol. The summed E-state index contributed by atoms with van der Waals surface area (Å²) < 4.78 is 28.2. The zero-order valence-electron chi connectivity index (χ0n) is 17.9. The van der Waals surface area contributed by atoms with Gasteiger partial charge < -0.3 is 4.90 Å². The van der Waals surface area contributed by atoms with E-state index < -0.39 is 10.0 Å². The summed E-state index contributed by atoms with van der Waals surface area (Å²) in [5, 5.41) is 0. The van der Waals surface area contributed by atoms with Gasteiger partial charge in [-0.1, -0.05) is 30.3 Å². The van der Waals surface area contributed by atoms with E-state index in [1.807, 2.05) is 29.4 Å². The van der Waals surface area contributed by atoms with Crippen LogP contribution in [0.3, 0.4) is 0 Å². The molecule has 4 rings (SSSR count). The van der Waals surface area contributed by atoms with Crippen molar-refractivity contribution in [3.8, 4) is 0 Å². The number of rotatable bonds is 6. The van der Waals surface area contributed by atoms with Gasteiger partial charge >= 0.3 is 0 Å². The van der Waals surface area contributed by atoms with Crippen LogP contribution in [-0.2, 0) is 16.6 Å². The molecule has 6 nitrogen and oxygen atoms in total. The highest BCUT2D eigenvalue weighted by Gasteiger charge is 2.30. The van der Waals surface area contributed by atoms with Gasteiger partial charge in [0.05, 0.1) is 10.5 Å². The Labute approximate surface area is 189 Å². The van der Waals surface area contributed by atoms with Crippen LogP contribution in [0.1, 0.15) is 28.8 Å². The maximum absolute atomic E-state index is 13.3. The molecule has 2 aliphatic rings. The fourth-order valence-electron chi connectivity index (χ4n) is 4.22. The van der Waals surface area contributed by atoms with Crippen LogP contribution >= 0.6 is 11.8 Å². The number of sulfonamides is 1. The fraction of sp³-hybridized carbons (Fsp3) is 0.435. The average Bonchev–Trinajstić information content (AvgIpc) is 3.34. The van der Waals surface area contributed by atoms with E-state index in [1.165, 1.54) is 17.3 Å². The fourth-order valence-corrected chi connectivity index (χ4v) is 6.24. The van der Waals surface area contributed by atoms with E-state index in [4.69, 9.17) is 0 Å². The number of carbonyl (C=O) groups excluding carboxylic acids is 1. The Balaban J connectivity index is 1.48. The van der Waals surface area contributed by atoms with Crippen LogP contribution in [0.2, 0.25) is 0 Å². The lowest BCUT2D eigenvalue weighted by atomic mass is 10.2. The molecule has 2 heterocycles. The molecule has 2 saturated heterocycles. The summed E-state index contributed by atoms with van der Waals surface area (Å²) in [6, 6.07) is 15.2. The monoisotopic (exact) mass is 459 g/mol. The van der Waals surface area contributed by atoms with Gasteiger partial charge in [0.15, 0.2) is 0 Å². The van der Waals surface area contributed by atoms with Crippen LogP contribution in [0.15, 0.2) is 58.3 Å². The molecule has 8 heteroatoms. The minimum Gasteiger partial charge on any atom is -0.339 e. The Morgan fingerprint density at radius 3 is 2.26 bits per heavy atom. The van der Waals surface area contributed by atoms with Crippen molar-refractivity contribution >= 4 is 27.7 Å². The highest BCUT2D eigenvalue weighted by molar-refractivity contribution is 7.98. The lowest BCUT2D eigenvalue weighted by Crippen LogP contribution is -2.48. The van der Waals surface area contributed by atoms with Gasteiger partial charge in [-0.25, -0.2) is 8.42 Å². The van der Waals surface area contributed by atoms with Gasteiger partial charge in [0.1, 0.15) is 0 Å². The number of amides is 1. The molecular weight excluding hydrogens is 430 g/mol. The van der Waals surface area contributed by atoms with Crippen molar-refractivity contribution in [2.75, 3.05) is 45.5 Å². The number of hydrogen-bond acceptors (Lipinski definition) is 5. The third-order valence-corrected chi connectivity index (χ3v) is 8.70. The van der Waals surface area contributed by atoms with Crippen molar-refractivity contribution in [1.82, 2.24) is 14.1 Å². The number of carbonyl (C=O) groups is 1. The number of hydrogen-bond donors (Lipinski definition) is 0. The molecule has 2 aromatic carbocycles. The summed E-state index contributed by atoms with van der Waals surface area (Å²) in [7, 11) is -3.64. The van der Waals surface area contributed by atoms with E-state index in [2.05, 4.69) is 17.0 Å². The Kier molecular flexibility index (Phi) is 7.01. The zero-order valence-corrected chi connectivity index (χ0v) is 19.5. The molecular formula is C23H29N3O3S2. The molecule has 0 radical (unpaired) electrons. The van der Waals surface area contributed by atoms with Gasteiger partial charge in [-0.05, 0) is 42.9 Å². The highest BCUT2D eigenvalue weighted by atomic mass is 32.2. The van der Waals surface area contributed by atoms with Crippen molar-refractivity contribution in [2.45, 2.75) is 29.2 Å².